The minimum absolute atomic E-state index is 0.322. The Balaban J connectivity index is 2.50. The molecule has 2 rings (SSSR count). The molecule has 0 radical (unpaired) electrons. The molecule has 1 aliphatic rings. The molecular formula is C12H13F4N. The second-order valence-electron chi connectivity index (χ2n) is 4.38. The molecule has 1 saturated carbocycles. The summed E-state index contributed by atoms with van der Waals surface area (Å²) in [7, 11) is 0. The predicted octanol–water partition coefficient (Wildman–Crippen LogP) is 3.24. The summed E-state index contributed by atoms with van der Waals surface area (Å²) in [5.74, 6) is -0.379. The van der Waals surface area contributed by atoms with Crippen molar-refractivity contribution < 1.29 is 17.6 Å². The van der Waals surface area contributed by atoms with Crippen LogP contribution in [0.1, 0.15) is 24.0 Å². The standard InChI is InChI=1S/C12H13F4N/c13-11(7-17,8-5-6-8)9-3-1-2-4-10(9)12(14,15)16/h1-4,8H,5-7,17H2. The third-order valence-corrected chi connectivity index (χ3v) is 3.20. The molecular weight excluding hydrogens is 234 g/mol. The lowest BCUT2D eigenvalue weighted by atomic mass is 9.87. The molecule has 94 valence electrons. The summed E-state index contributed by atoms with van der Waals surface area (Å²) < 4.78 is 53.0. The van der Waals surface area contributed by atoms with Crippen molar-refractivity contribution in [1.82, 2.24) is 0 Å². The molecule has 1 atom stereocenters. The third-order valence-electron chi connectivity index (χ3n) is 3.20. The largest absolute Gasteiger partial charge is 0.416 e. The summed E-state index contributed by atoms with van der Waals surface area (Å²) in [6.45, 7) is -0.412. The summed E-state index contributed by atoms with van der Waals surface area (Å²) in [5.41, 5.74) is 2.06. The fourth-order valence-electron chi connectivity index (χ4n) is 2.13. The van der Waals surface area contributed by atoms with Crippen molar-refractivity contribution >= 4 is 0 Å². The monoisotopic (exact) mass is 247 g/mol. The zero-order valence-corrected chi connectivity index (χ0v) is 9.10. The molecule has 0 bridgehead atoms. The van der Waals surface area contributed by atoms with Crippen LogP contribution < -0.4 is 5.73 Å². The molecule has 0 aliphatic heterocycles. The first-order valence-corrected chi connectivity index (χ1v) is 5.45. The first-order valence-electron chi connectivity index (χ1n) is 5.45. The number of nitrogens with two attached hydrogens (primary N) is 1. The van der Waals surface area contributed by atoms with Gasteiger partial charge in [-0.3, -0.25) is 0 Å². The average molecular weight is 247 g/mol. The molecule has 0 aromatic heterocycles. The second kappa shape index (κ2) is 3.98. The molecule has 1 aromatic carbocycles. The van der Waals surface area contributed by atoms with Crippen LogP contribution in [-0.2, 0) is 11.8 Å². The second-order valence-corrected chi connectivity index (χ2v) is 4.38. The first-order chi connectivity index (χ1) is 7.89. The van der Waals surface area contributed by atoms with Gasteiger partial charge in [0.1, 0.15) is 0 Å². The van der Waals surface area contributed by atoms with E-state index < -0.39 is 24.0 Å². The number of halogens is 4. The van der Waals surface area contributed by atoms with Gasteiger partial charge in [-0.25, -0.2) is 4.39 Å². The Morgan fingerprint density at radius 2 is 1.59 bits per heavy atom. The Labute approximate surface area is 96.6 Å². The van der Waals surface area contributed by atoms with Gasteiger partial charge in [-0.15, -0.1) is 0 Å². The molecule has 17 heavy (non-hydrogen) atoms. The van der Waals surface area contributed by atoms with Gasteiger partial charge in [0, 0.05) is 12.1 Å². The zero-order chi connectivity index (χ0) is 12.7. The quantitative estimate of drug-likeness (QED) is 0.815. The molecule has 0 amide bonds. The minimum atomic E-state index is -4.54. The number of benzene rings is 1. The van der Waals surface area contributed by atoms with Gasteiger partial charge in [0.25, 0.3) is 0 Å². The molecule has 1 aliphatic carbocycles. The Morgan fingerprint density at radius 3 is 2.00 bits per heavy atom. The van der Waals surface area contributed by atoms with Crippen LogP contribution in [0, 0.1) is 5.92 Å². The summed E-state index contributed by atoms with van der Waals surface area (Å²) in [5, 5.41) is 0. The van der Waals surface area contributed by atoms with Gasteiger partial charge in [-0.05, 0) is 24.8 Å². The van der Waals surface area contributed by atoms with E-state index in [1.54, 1.807) is 0 Å². The van der Waals surface area contributed by atoms with E-state index in [1.807, 2.05) is 0 Å². The van der Waals surface area contributed by atoms with E-state index in [2.05, 4.69) is 0 Å². The van der Waals surface area contributed by atoms with Crippen LogP contribution in [0.2, 0.25) is 0 Å². The van der Waals surface area contributed by atoms with Gasteiger partial charge >= 0.3 is 6.18 Å². The number of alkyl halides is 4. The van der Waals surface area contributed by atoms with Gasteiger partial charge in [-0.1, -0.05) is 18.2 Å². The van der Waals surface area contributed by atoms with Crippen LogP contribution in [0.15, 0.2) is 24.3 Å². The highest BCUT2D eigenvalue weighted by molar-refractivity contribution is 5.36. The molecule has 0 spiro atoms. The Morgan fingerprint density at radius 1 is 1.06 bits per heavy atom. The van der Waals surface area contributed by atoms with Crippen molar-refractivity contribution in [1.29, 1.82) is 0 Å². The predicted molar refractivity (Wildman–Crippen MR) is 56.0 cm³/mol. The van der Waals surface area contributed by atoms with Crippen LogP contribution in [0.5, 0.6) is 0 Å². The average Bonchev–Trinajstić information content (AvgIpc) is 3.11. The fourth-order valence-corrected chi connectivity index (χ4v) is 2.13. The van der Waals surface area contributed by atoms with Crippen molar-refractivity contribution in [2.75, 3.05) is 6.54 Å². The molecule has 0 saturated heterocycles. The van der Waals surface area contributed by atoms with Crippen molar-refractivity contribution in [3.63, 3.8) is 0 Å². The van der Waals surface area contributed by atoms with E-state index in [4.69, 9.17) is 5.73 Å². The lowest BCUT2D eigenvalue weighted by Gasteiger charge is -2.27. The highest BCUT2D eigenvalue weighted by atomic mass is 19.4. The maximum atomic E-state index is 14.6. The van der Waals surface area contributed by atoms with Gasteiger partial charge < -0.3 is 5.73 Å². The van der Waals surface area contributed by atoms with Crippen LogP contribution in [0.3, 0.4) is 0 Å². The molecule has 5 heteroatoms. The number of hydrogen-bond donors (Lipinski definition) is 1. The summed E-state index contributed by atoms with van der Waals surface area (Å²) >= 11 is 0. The summed E-state index contributed by atoms with van der Waals surface area (Å²) in [4.78, 5) is 0. The van der Waals surface area contributed by atoms with E-state index in [9.17, 15) is 17.6 Å². The smallest absolute Gasteiger partial charge is 0.327 e. The normalized spacial score (nSPS) is 20.1. The van der Waals surface area contributed by atoms with E-state index in [1.165, 1.54) is 18.2 Å². The highest BCUT2D eigenvalue weighted by Gasteiger charge is 2.50. The van der Waals surface area contributed by atoms with Crippen molar-refractivity contribution in [2.45, 2.75) is 24.7 Å². The SMILES string of the molecule is NCC(F)(c1ccccc1C(F)(F)F)C1CC1. The van der Waals surface area contributed by atoms with Gasteiger partial charge in [0.2, 0.25) is 0 Å². The molecule has 2 N–H and O–H groups in total. The summed E-state index contributed by atoms with van der Waals surface area (Å²) in [6, 6.07) is 4.77. The maximum Gasteiger partial charge on any atom is 0.416 e. The van der Waals surface area contributed by atoms with Crippen molar-refractivity contribution in [2.24, 2.45) is 11.7 Å². The maximum absolute atomic E-state index is 14.6. The number of hydrogen-bond acceptors (Lipinski definition) is 1. The highest BCUT2D eigenvalue weighted by Crippen LogP contribution is 2.50. The topological polar surface area (TPSA) is 26.0 Å². The minimum Gasteiger partial charge on any atom is -0.327 e. The van der Waals surface area contributed by atoms with Gasteiger partial charge in [0.15, 0.2) is 5.67 Å². The van der Waals surface area contributed by atoms with Crippen LogP contribution in [0.25, 0.3) is 0 Å². The zero-order valence-electron chi connectivity index (χ0n) is 9.10. The van der Waals surface area contributed by atoms with E-state index >= 15 is 0 Å². The van der Waals surface area contributed by atoms with Crippen molar-refractivity contribution in [3.05, 3.63) is 35.4 Å². The molecule has 0 heterocycles. The van der Waals surface area contributed by atoms with Gasteiger partial charge in [-0.2, -0.15) is 13.2 Å². The molecule has 1 unspecified atom stereocenters. The van der Waals surface area contributed by atoms with Crippen LogP contribution >= 0.6 is 0 Å². The Hall–Kier alpha value is -1.10. The Bertz CT molecular complexity index is 411. The van der Waals surface area contributed by atoms with E-state index in [-0.39, 0.29) is 11.5 Å². The van der Waals surface area contributed by atoms with E-state index in [0.29, 0.717) is 12.8 Å². The summed E-state index contributed by atoms with van der Waals surface area (Å²) in [6.07, 6.45) is -3.35. The molecule has 1 aromatic rings. The Kier molecular flexibility index (Phi) is 2.89. The molecule has 1 fully saturated rings. The molecule has 1 nitrogen and oxygen atoms in total. The first kappa shape index (κ1) is 12.4. The van der Waals surface area contributed by atoms with Crippen LogP contribution in [0.4, 0.5) is 17.6 Å². The number of rotatable bonds is 3. The lowest BCUT2D eigenvalue weighted by Crippen LogP contribution is -2.34. The van der Waals surface area contributed by atoms with Gasteiger partial charge in [0.05, 0.1) is 5.56 Å². The van der Waals surface area contributed by atoms with E-state index in [0.717, 1.165) is 6.07 Å². The third kappa shape index (κ3) is 2.16. The van der Waals surface area contributed by atoms with Crippen molar-refractivity contribution in [3.8, 4) is 0 Å². The fraction of sp³-hybridized carbons (Fsp3) is 0.500. The van der Waals surface area contributed by atoms with Crippen LogP contribution in [-0.4, -0.2) is 6.54 Å². The lowest BCUT2D eigenvalue weighted by molar-refractivity contribution is -0.139.